The van der Waals surface area contributed by atoms with E-state index >= 15 is 0 Å². The Balaban J connectivity index is 1.56. The molecule has 0 atom stereocenters. The molecule has 2 heterocycles. The average Bonchev–Trinajstić information content (AvgIpc) is 3.21. The van der Waals surface area contributed by atoms with Crippen molar-refractivity contribution in [2.24, 2.45) is 0 Å². The molecule has 9 heteroatoms. The highest BCUT2D eigenvalue weighted by atomic mass is 32.2. The Morgan fingerprint density at radius 1 is 1.24 bits per heavy atom. The summed E-state index contributed by atoms with van der Waals surface area (Å²) in [6.45, 7) is 2.92. The van der Waals surface area contributed by atoms with Gasteiger partial charge in [0, 0.05) is 13.1 Å². The van der Waals surface area contributed by atoms with Gasteiger partial charge in [0.05, 0.1) is 25.5 Å². The molecule has 1 aromatic carbocycles. The van der Waals surface area contributed by atoms with Crippen molar-refractivity contribution < 1.29 is 14.3 Å². The Bertz CT molecular complexity index is 1060. The predicted octanol–water partition coefficient (Wildman–Crippen LogP) is 2.95. The minimum Gasteiger partial charge on any atom is -0.493 e. The molecule has 0 spiro atoms. The topological polar surface area (TPSA) is 82.5 Å². The largest absolute Gasteiger partial charge is 0.493 e. The van der Waals surface area contributed by atoms with E-state index in [0.29, 0.717) is 46.4 Å². The van der Waals surface area contributed by atoms with Gasteiger partial charge in [-0.15, -0.1) is 11.3 Å². The van der Waals surface area contributed by atoms with Crippen LogP contribution in [0.2, 0.25) is 0 Å². The van der Waals surface area contributed by atoms with Crippen LogP contribution in [0.3, 0.4) is 0 Å². The highest BCUT2D eigenvalue weighted by Crippen LogP contribution is 2.27. The lowest BCUT2D eigenvalue weighted by molar-refractivity contribution is -0.118. The van der Waals surface area contributed by atoms with E-state index in [1.165, 1.54) is 23.1 Å². The van der Waals surface area contributed by atoms with Crippen LogP contribution in [0.1, 0.15) is 12.5 Å². The van der Waals surface area contributed by atoms with E-state index in [0.717, 1.165) is 5.56 Å². The smallest absolute Gasteiger partial charge is 0.272 e. The first-order valence-electron chi connectivity index (χ1n) is 9.15. The summed E-state index contributed by atoms with van der Waals surface area (Å²) in [6.07, 6.45) is 0.676. The van der Waals surface area contributed by atoms with Gasteiger partial charge in [-0.05, 0) is 42.5 Å². The van der Waals surface area contributed by atoms with E-state index < -0.39 is 0 Å². The molecule has 0 aliphatic carbocycles. The van der Waals surface area contributed by atoms with Crippen molar-refractivity contribution in [3.63, 3.8) is 0 Å². The number of methoxy groups -OCH3 is 2. The SMILES string of the molecule is CCn1c(SCC(=O)NCCc2ccc(OC)c(OC)c2)nc2ccsc2c1=O. The standard InChI is InChI=1S/C20H23N3O4S2/c1-4-23-19(25)18-14(8-10-28-18)22-20(23)29-12-17(24)21-9-7-13-5-6-15(26-2)16(11-13)27-3/h5-6,8,10-11H,4,7,9,12H2,1-3H3,(H,21,24). The maximum atomic E-state index is 12.5. The molecule has 0 aliphatic rings. The summed E-state index contributed by atoms with van der Waals surface area (Å²) in [5.41, 5.74) is 1.67. The Morgan fingerprint density at radius 3 is 2.76 bits per heavy atom. The van der Waals surface area contributed by atoms with Crippen LogP contribution in [-0.2, 0) is 17.8 Å². The van der Waals surface area contributed by atoms with Gasteiger partial charge in [0.2, 0.25) is 5.91 Å². The summed E-state index contributed by atoms with van der Waals surface area (Å²) in [5, 5.41) is 5.33. The van der Waals surface area contributed by atoms with E-state index in [4.69, 9.17) is 9.47 Å². The molecule has 2 aromatic heterocycles. The molecule has 154 valence electrons. The van der Waals surface area contributed by atoms with Gasteiger partial charge in [0.15, 0.2) is 16.7 Å². The molecule has 0 radical (unpaired) electrons. The van der Waals surface area contributed by atoms with Crippen molar-refractivity contribution in [2.45, 2.75) is 25.0 Å². The van der Waals surface area contributed by atoms with Crippen LogP contribution in [0.5, 0.6) is 11.5 Å². The van der Waals surface area contributed by atoms with E-state index in [1.807, 2.05) is 36.6 Å². The van der Waals surface area contributed by atoms with Crippen LogP contribution in [0.25, 0.3) is 10.2 Å². The molecule has 0 aliphatic heterocycles. The van der Waals surface area contributed by atoms with Gasteiger partial charge in [0.25, 0.3) is 5.56 Å². The minimum atomic E-state index is -0.0993. The van der Waals surface area contributed by atoms with Crippen LogP contribution in [0, 0.1) is 0 Å². The Hall–Kier alpha value is -2.52. The zero-order chi connectivity index (χ0) is 20.8. The lowest BCUT2D eigenvalue weighted by atomic mass is 10.1. The molecule has 0 saturated heterocycles. The zero-order valence-corrected chi connectivity index (χ0v) is 18.2. The van der Waals surface area contributed by atoms with Gasteiger partial charge in [0.1, 0.15) is 4.70 Å². The van der Waals surface area contributed by atoms with Gasteiger partial charge in [-0.1, -0.05) is 17.8 Å². The molecule has 0 bridgehead atoms. The number of fused-ring (bicyclic) bond motifs is 1. The molecule has 1 amide bonds. The fourth-order valence-electron chi connectivity index (χ4n) is 2.88. The number of amides is 1. The number of rotatable bonds is 9. The second-order valence-corrected chi connectivity index (χ2v) is 8.02. The van der Waals surface area contributed by atoms with Crippen LogP contribution >= 0.6 is 23.1 Å². The number of hydrogen-bond donors (Lipinski definition) is 1. The highest BCUT2D eigenvalue weighted by molar-refractivity contribution is 7.99. The summed E-state index contributed by atoms with van der Waals surface area (Å²) < 4.78 is 12.8. The van der Waals surface area contributed by atoms with E-state index in [1.54, 1.807) is 18.8 Å². The summed E-state index contributed by atoms with van der Waals surface area (Å²) >= 11 is 2.67. The Kier molecular flexibility index (Phi) is 7.16. The fraction of sp³-hybridized carbons (Fsp3) is 0.350. The Morgan fingerprint density at radius 2 is 2.03 bits per heavy atom. The quantitative estimate of drug-likeness (QED) is 0.413. The second-order valence-electron chi connectivity index (χ2n) is 6.16. The zero-order valence-electron chi connectivity index (χ0n) is 16.6. The van der Waals surface area contributed by atoms with Crippen molar-refractivity contribution in [2.75, 3.05) is 26.5 Å². The lowest BCUT2D eigenvalue weighted by Gasteiger charge is -2.11. The van der Waals surface area contributed by atoms with E-state index in [2.05, 4.69) is 10.3 Å². The van der Waals surface area contributed by atoms with Crippen LogP contribution < -0.4 is 20.3 Å². The van der Waals surface area contributed by atoms with Crippen molar-refractivity contribution in [1.29, 1.82) is 0 Å². The van der Waals surface area contributed by atoms with Crippen LogP contribution in [0.15, 0.2) is 39.6 Å². The molecular formula is C20H23N3O4S2. The maximum absolute atomic E-state index is 12.5. The first kappa shape index (κ1) is 21.2. The summed E-state index contributed by atoms with van der Waals surface area (Å²) in [4.78, 5) is 29.3. The molecule has 3 aromatic rings. The van der Waals surface area contributed by atoms with Gasteiger partial charge >= 0.3 is 0 Å². The summed E-state index contributed by atoms with van der Waals surface area (Å²) in [5.74, 6) is 1.44. The number of thiophene rings is 1. The third-order valence-electron chi connectivity index (χ3n) is 4.36. The number of hydrogen-bond acceptors (Lipinski definition) is 7. The van der Waals surface area contributed by atoms with Gasteiger partial charge in [-0.2, -0.15) is 0 Å². The van der Waals surface area contributed by atoms with Crippen molar-refractivity contribution >= 4 is 39.2 Å². The lowest BCUT2D eigenvalue weighted by Crippen LogP contribution is -2.28. The Labute approximate surface area is 177 Å². The summed E-state index contributed by atoms with van der Waals surface area (Å²) in [6, 6.07) is 7.53. The van der Waals surface area contributed by atoms with E-state index in [9.17, 15) is 9.59 Å². The van der Waals surface area contributed by atoms with E-state index in [-0.39, 0.29) is 17.2 Å². The number of carbonyl (C=O) groups is 1. The number of aromatic nitrogens is 2. The normalized spacial score (nSPS) is 10.9. The third kappa shape index (κ3) is 4.91. The third-order valence-corrected chi connectivity index (χ3v) is 6.23. The monoisotopic (exact) mass is 433 g/mol. The number of ether oxygens (including phenoxy) is 2. The van der Waals surface area contributed by atoms with Gasteiger partial charge in [-0.3, -0.25) is 14.2 Å². The van der Waals surface area contributed by atoms with Crippen molar-refractivity contribution in [1.82, 2.24) is 14.9 Å². The first-order valence-corrected chi connectivity index (χ1v) is 11.0. The van der Waals surface area contributed by atoms with Gasteiger partial charge < -0.3 is 14.8 Å². The molecule has 0 unspecified atom stereocenters. The number of carbonyl (C=O) groups excluding carboxylic acids is 1. The molecule has 29 heavy (non-hydrogen) atoms. The van der Waals surface area contributed by atoms with Gasteiger partial charge in [-0.25, -0.2) is 4.98 Å². The van der Waals surface area contributed by atoms with Crippen molar-refractivity contribution in [3.05, 3.63) is 45.6 Å². The molecular weight excluding hydrogens is 410 g/mol. The second kappa shape index (κ2) is 9.80. The maximum Gasteiger partial charge on any atom is 0.272 e. The number of nitrogens with one attached hydrogen (secondary N) is 1. The average molecular weight is 434 g/mol. The molecule has 3 rings (SSSR count). The van der Waals surface area contributed by atoms with Crippen molar-refractivity contribution in [3.8, 4) is 11.5 Å². The number of thioether (sulfide) groups is 1. The first-order chi connectivity index (χ1) is 14.1. The molecule has 7 nitrogen and oxygen atoms in total. The van der Waals surface area contributed by atoms with Crippen LogP contribution in [0.4, 0.5) is 0 Å². The molecule has 0 saturated carbocycles. The fourth-order valence-corrected chi connectivity index (χ4v) is 4.55. The minimum absolute atomic E-state index is 0.0520. The predicted molar refractivity (Wildman–Crippen MR) is 117 cm³/mol. The highest BCUT2D eigenvalue weighted by Gasteiger charge is 2.13. The summed E-state index contributed by atoms with van der Waals surface area (Å²) in [7, 11) is 3.19. The molecule has 0 fully saturated rings. The number of benzene rings is 1. The van der Waals surface area contributed by atoms with Crippen LogP contribution in [-0.4, -0.2) is 42.0 Å². The number of nitrogens with zero attached hydrogens (tertiary/aromatic N) is 2. The molecule has 1 N–H and O–H groups in total.